The molecule has 1 aromatic heterocycles. The van der Waals surface area contributed by atoms with Gasteiger partial charge in [0.05, 0.1) is 12.5 Å². The fraction of sp³-hybridized carbons (Fsp3) is 0.667. The number of aryl methyl sites for hydroxylation is 1. The van der Waals surface area contributed by atoms with Crippen molar-refractivity contribution >= 4 is 17.2 Å². The summed E-state index contributed by atoms with van der Waals surface area (Å²) in [6, 6.07) is 0.0393. The highest BCUT2D eigenvalue weighted by Crippen LogP contribution is 2.24. The van der Waals surface area contributed by atoms with Gasteiger partial charge in [-0.05, 0) is 19.3 Å². The number of hydrogen-bond donors (Lipinski definition) is 2. The van der Waals surface area contributed by atoms with Gasteiger partial charge in [-0.1, -0.05) is 13.3 Å². The third kappa shape index (κ3) is 3.04. The maximum Gasteiger partial charge on any atom is 0.225 e. The zero-order valence-electron chi connectivity index (χ0n) is 10.1. The number of nitrogens with zero attached hydrogens (tertiary/aromatic N) is 1. The Hall–Kier alpha value is -0.940. The van der Waals surface area contributed by atoms with E-state index < -0.39 is 0 Å². The molecule has 2 unspecified atom stereocenters. The largest absolute Gasteiger partial charge is 0.349 e. The van der Waals surface area contributed by atoms with Crippen LogP contribution in [0, 0.1) is 5.92 Å². The first-order valence-electron chi connectivity index (χ1n) is 6.17. The number of nitrogens with two attached hydrogens (primary N) is 1. The Morgan fingerprint density at radius 3 is 3.06 bits per heavy atom. The monoisotopic (exact) mass is 253 g/mol. The summed E-state index contributed by atoms with van der Waals surface area (Å²) in [5, 5.41) is 3.91. The van der Waals surface area contributed by atoms with E-state index in [-0.39, 0.29) is 17.9 Å². The van der Waals surface area contributed by atoms with E-state index in [1.54, 1.807) is 11.3 Å². The zero-order valence-corrected chi connectivity index (χ0v) is 10.9. The van der Waals surface area contributed by atoms with Gasteiger partial charge >= 0.3 is 0 Å². The number of rotatable bonds is 4. The minimum Gasteiger partial charge on any atom is -0.349 e. The van der Waals surface area contributed by atoms with Gasteiger partial charge in [-0.3, -0.25) is 4.79 Å². The van der Waals surface area contributed by atoms with Crippen LogP contribution in [0.5, 0.6) is 0 Å². The molecular formula is C12H19N3OS. The van der Waals surface area contributed by atoms with Crippen LogP contribution in [0.4, 0.5) is 0 Å². The van der Waals surface area contributed by atoms with E-state index in [9.17, 15) is 4.79 Å². The van der Waals surface area contributed by atoms with Crippen molar-refractivity contribution in [1.82, 2.24) is 10.3 Å². The lowest BCUT2D eigenvalue weighted by atomic mass is 10.0. The smallest absolute Gasteiger partial charge is 0.225 e. The van der Waals surface area contributed by atoms with Crippen molar-refractivity contribution in [3.8, 4) is 0 Å². The number of amides is 1. The first kappa shape index (κ1) is 12.5. The maximum absolute atomic E-state index is 11.9. The molecule has 3 N–H and O–H groups in total. The van der Waals surface area contributed by atoms with E-state index >= 15 is 0 Å². The Morgan fingerprint density at radius 1 is 1.65 bits per heavy atom. The molecule has 1 saturated carbocycles. The van der Waals surface area contributed by atoms with Crippen LogP contribution in [0.25, 0.3) is 0 Å². The number of thiazole rings is 1. The summed E-state index contributed by atoms with van der Waals surface area (Å²) in [5.74, 6) is 0.0869. The third-order valence-electron chi connectivity index (χ3n) is 3.27. The molecule has 4 nitrogen and oxygen atoms in total. The van der Waals surface area contributed by atoms with Crippen LogP contribution in [-0.2, 0) is 17.8 Å². The molecule has 2 rings (SSSR count). The van der Waals surface area contributed by atoms with Crippen LogP contribution < -0.4 is 11.1 Å². The average Bonchev–Trinajstić information content (AvgIpc) is 2.94. The standard InChI is InChI=1S/C12H19N3OS/c1-2-8-6-14-11(17-8)7-15-12(16)9-4-3-5-10(9)13/h6,9-10H,2-5,7,13H2,1H3,(H,15,16). The van der Waals surface area contributed by atoms with Gasteiger partial charge in [0.25, 0.3) is 0 Å². The van der Waals surface area contributed by atoms with Crippen molar-refractivity contribution in [2.24, 2.45) is 11.7 Å². The Kier molecular flexibility index (Phi) is 4.12. The summed E-state index contributed by atoms with van der Waals surface area (Å²) in [6.45, 7) is 2.64. The highest BCUT2D eigenvalue weighted by Gasteiger charge is 2.29. The molecule has 1 fully saturated rings. The fourth-order valence-electron chi connectivity index (χ4n) is 2.20. The summed E-state index contributed by atoms with van der Waals surface area (Å²) < 4.78 is 0. The van der Waals surface area contributed by atoms with Crippen molar-refractivity contribution < 1.29 is 4.79 Å². The lowest BCUT2D eigenvalue weighted by molar-refractivity contribution is -0.125. The van der Waals surface area contributed by atoms with Crippen LogP contribution >= 0.6 is 11.3 Å². The van der Waals surface area contributed by atoms with Crippen molar-refractivity contribution in [1.29, 1.82) is 0 Å². The minimum atomic E-state index is 0.000563. The molecule has 1 amide bonds. The number of carbonyl (C=O) groups excluding carboxylic acids is 1. The SMILES string of the molecule is CCc1cnc(CNC(=O)C2CCCC2N)s1. The molecule has 2 atom stereocenters. The fourth-order valence-corrected chi connectivity index (χ4v) is 3.00. The van der Waals surface area contributed by atoms with E-state index in [1.165, 1.54) is 4.88 Å². The molecule has 0 aliphatic heterocycles. The second kappa shape index (κ2) is 5.60. The third-order valence-corrected chi connectivity index (χ3v) is 4.41. The van der Waals surface area contributed by atoms with Gasteiger partial charge in [-0.25, -0.2) is 4.98 Å². The van der Waals surface area contributed by atoms with Gasteiger partial charge in [-0.2, -0.15) is 0 Å². The van der Waals surface area contributed by atoms with Crippen molar-refractivity contribution in [2.75, 3.05) is 0 Å². The van der Waals surface area contributed by atoms with Gasteiger partial charge < -0.3 is 11.1 Å². The first-order chi connectivity index (χ1) is 8.20. The molecule has 17 heavy (non-hydrogen) atoms. The highest BCUT2D eigenvalue weighted by molar-refractivity contribution is 7.11. The van der Waals surface area contributed by atoms with Crippen LogP contribution in [0.3, 0.4) is 0 Å². The molecular weight excluding hydrogens is 234 g/mol. The average molecular weight is 253 g/mol. The molecule has 1 aliphatic carbocycles. The molecule has 94 valence electrons. The topological polar surface area (TPSA) is 68.0 Å². The van der Waals surface area contributed by atoms with Crippen molar-refractivity contribution in [3.05, 3.63) is 16.1 Å². The molecule has 1 aromatic rings. The lowest BCUT2D eigenvalue weighted by Crippen LogP contribution is -2.38. The van der Waals surface area contributed by atoms with Crippen LogP contribution in [-0.4, -0.2) is 16.9 Å². The van der Waals surface area contributed by atoms with Gasteiger partial charge in [0.1, 0.15) is 5.01 Å². The molecule has 0 bridgehead atoms. The Bertz CT molecular complexity index is 391. The Labute approximate surface area is 106 Å². The predicted molar refractivity (Wildman–Crippen MR) is 68.7 cm³/mol. The molecule has 5 heteroatoms. The quantitative estimate of drug-likeness (QED) is 0.853. The van der Waals surface area contributed by atoms with E-state index in [1.807, 2.05) is 6.20 Å². The number of hydrogen-bond acceptors (Lipinski definition) is 4. The number of aromatic nitrogens is 1. The second-order valence-electron chi connectivity index (χ2n) is 4.49. The zero-order chi connectivity index (χ0) is 12.3. The molecule has 0 saturated heterocycles. The van der Waals surface area contributed by atoms with Crippen LogP contribution in [0.1, 0.15) is 36.1 Å². The van der Waals surface area contributed by atoms with E-state index in [4.69, 9.17) is 5.73 Å². The van der Waals surface area contributed by atoms with Crippen LogP contribution in [0.2, 0.25) is 0 Å². The summed E-state index contributed by atoms with van der Waals surface area (Å²) in [7, 11) is 0. The van der Waals surface area contributed by atoms with E-state index in [0.29, 0.717) is 6.54 Å². The summed E-state index contributed by atoms with van der Waals surface area (Å²) in [4.78, 5) is 17.4. The van der Waals surface area contributed by atoms with E-state index in [2.05, 4.69) is 17.2 Å². The molecule has 1 aliphatic rings. The molecule has 0 spiro atoms. The lowest BCUT2D eigenvalue weighted by Gasteiger charge is -2.14. The number of carbonyl (C=O) groups is 1. The predicted octanol–water partition coefficient (Wildman–Crippen LogP) is 1.45. The molecule has 1 heterocycles. The van der Waals surface area contributed by atoms with Gasteiger partial charge in [-0.15, -0.1) is 11.3 Å². The van der Waals surface area contributed by atoms with Crippen LogP contribution in [0.15, 0.2) is 6.20 Å². The summed E-state index contributed by atoms with van der Waals surface area (Å²) in [5.41, 5.74) is 5.90. The van der Waals surface area contributed by atoms with Gasteiger partial charge in [0.15, 0.2) is 0 Å². The second-order valence-corrected chi connectivity index (χ2v) is 5.69. The normalized spacial score (nSPS) is 23.9. The first-order valence-corrected chi connectivity index (χ1v) is 6.99. The Morgan fingerprint density at radius 2 is 2.47 bits per heavy atom. The highest BCUT2D eigenvalue weighted by atomic mass is 32.1. The minimum absolute atomic E-state index is 0.000563. The van der Waals surface area contributed by atoms with Gasteiger partial charge in [0, 0.05) is 17.1 Å². The van der Waals surface area contributed by atoms with Gasteiger partial charge in [0.2, 0.25) is 5.91 Å². The molecule has 0 aromatic carbocycles. The number of nitrogens with one attached hydrogen (secondary N) is 1. The maximum atomic E-state index is 11.9. The Balaban J connectivity index is 1.83. The summed E-state index contributed by atoms with van der Waals surface area (Å²) >= 11 is 1.66. The van der Waals surface area contributed by atoms with Crippen molar-refractivity contribution in [3.63, 3.8) is 0 Å². The van der Waals surface area contributed by atoms with Crippen molar-refractivity contribution in [2.45, 2.75) is 45.2 Å². The molecule has 0 radical (unpaired) electrons. The summed E-state index contributed by atoms with van der Waals surface area (Å²) in [6.07, 6.45) is 5.84. The van der Waals surface area contributed by atoms with E-state index in [0.717, 1.165) is 30.7 Å².